The Morgan fingerprint density at radius 3 is 2.37 bits per heavy atom. The third-order valence-corrected chi connectivity index (χ3v) is 4.41. The smallest absolute Gasteiger partial charge is 0.307 e. The number of ether oxygens (including phenoxy) is 1. The van der Waals surface area contributed by atoms with Crippen molar-refractivity contribution in [1.82, 2.24) is 4.90 Å². The van der Waals surface area contributed by atoms with Crippen molar-refractivity contribution < 1.29 is 19.1 Å². The summed E-state index contributed by atoms with van der Waals surface area (Å²) < 4.78 is 4.82. The van der Waals surface area contributed by atoms with E-state index in [9.17, 15) is 14.4 Å². The van der Waals surface area contributed by atoms with E-state index in [1.54, 1.807) is 6.92 Å². The lowest BCUT2D eigenvalue weighted by Crippen LogP contribution is -2.35. The number of fused-ring (bicyclic) bond motifs is 5. The highest BCUT2D eigenvalue weighted by Crippen LogP contribution is 2.52. The number of allylic oxidation sites excluding steroid dienone is 2. The Morgan fingerprint density at radius 2 is 1.84 bits per heavy atom. The van der Waals surface area contributed by atoms with Crippen LogP contribution in [0.1, 0.15) is 19.8 Å². The van der Waals surface area contributed by atoms with E-state index >= 15 is 0 Å². The van der Waals surface area contributed by atoms with Crippen LogP contribution in [0.15, 0.2) is 12.2 Å². The molecule has 0 aromatic heterocycles. The summed E-state index contributed by atoms with van der Waals surface area (Å²) in [5.41, 5.74) is 0. The molecule has 0 spiro atoms. The normalized spacial score (nSPS) is 35.1. The zero-order valence-electron chi connectivity index (χ0n) is 10.9. The van der Waals surface area contributed by atoms with Gasteiger partial charge < -0.3 is 4.74 Å². The monoisotopic (exact) mass is 263 g/mol. The van der Waals surface area contributed by atoms with E-state index in [-0.39, 0.29) is 54.4 Å². The predicted molar refractivity (Wildman–Crippen MR) is 65.7 cm³/mol. The molecule has 5 nitrogen and oxygen atoms in total. The second-order valence-electron chi connectivity index (χ2n) is 5.38. The first-order valence-corrected chi connectivity index (χ1v) is 6.82. The van der Waals surface area contributed by atoms with Crippen LogP contribution in [0.2, 0.25) is 0 Å². The van der Waals surface area contributed by atoms with Crippen molar-refractivity contribution in [3.8, 4) is 0 Å². The molecule has 2 aliphatic carbocycles. The van der Waals surface area contributed by atoms with E-state index in [0.717, 1.165) is 6.42 Å². The number of imide groups is 1. The summed E-state index contributed by atoms with van der Waals surface area (Å²) in [6.45, 7) is 2.21. The Balaban J connectivity index is 1.67. The zero-order chi connectivity index (χ0) is 13.6. The molecule has 4 unspecified atom stereocenters. The molecular formula is C14H17NO4. The molecule has 4 atom stereocenters. The Kier molecular flexibility index (Phi) is 2.92. The van der Waals surface area contributed by atoms with E-state index in [1.807, 2.05) is 0 Å². The Labute approximate surface area is 111 Å². The van der Waals surface area contributed by atoms with Crippen LogP contribution in [0, 0.1) is 23.7 Å². The number of hydrogen-bond acceptors (Lipinski definition) is 4. The average Bonchev–Trinajstić information content (AvgIpc) is 3.03. The minimum absolute atomic E-state index is 0.0908. The van der Waals surface area contributed by atoms with Crippen molar-refractivity contribution in [2.24, 2.45) is 23.7 Å². The summed E-state index contributed by atoms with van der Waals surface area (Å²) in [5, 5.41) is 0. The summed E-state index contributed by atoms with van der Waals surface area (Å²) in [4.78, 5) is 37.1. The topological polar surface area (TPSA) is 63.7 Å². The standard InChI is InChI=1S/C14H17NO4/c1-2-19-10(16)5-6-15-13(17)11-8-3-4-9(7-8)12(11)14(15)18/h3-4,8-9,11-12H,2,5-7H2,1H3. The van der Waals surface area contributed by atoms with Crippen LogP contribution in [-0.2, 0) is 19.1 Å². The average molecular weight is 263 g/mol. The summed E-state index contributed by atoms with van der Waals surface area (Å²) in [6, 6.07) is 0. The summed E-state index contributed by atoms with van der Waals surface area (Å²) in [5.74, 6) is -0.471. The molecule has 0 N–H and O–H groups in total. The molecule has 0 aromatic carbocycles. The van der Waals surface area contributed by atoms with Crippen LogP contribution in [-0.4, -0.2) is 35.8 Å². The molecule has 1 heterocycles. The molecule has 1 saturated carbocycles. The number of nitrogens with zero attached hydrogens (tertiary/aromatic N) is 1. The molecule has 0 radical (unpaired) electrons. The van der Waals surface area contributed by atoms with Gasteiger partial charge in [-0.1, -0.05) is 12.2 Å². The number of likely N-dealkylation sites (tertiary alicyclic amines) is 1. The minimum atomic E-state index is -0.360. The molecule has 5 heteroatoms. The number of carbonyl (C=O) groups excluding carboxylic acids is 3. The van der Waals surface area contributed by atoms with Crippen LogP contribution in [0.5, 0.6) is 0 Å². The van der Waals surface area contributed by atoms with Crippen LogP contribution >= 0.6 is 0 Å². The van der Waals surface area contributed by atoms with Gasteiger partial charge in [-0.25, -0.2) is 0 Å². The summed E-state index contributed by atoms with van der Waals surface area (Å²) in [7, 11) is 0. The molecule has 2 amide bonds. The fourth-order valence-corrected chi connectivity index (χ4v) is 3.62. The number of carbonyl (C=O) groups is 3. The summed E-state index contributed by atoms with van der Waals surface area (Å²) >= 11 is 0. The number of esters is 1. The maximum absolute atomic E-state index is 12.3. The van der Waals surface area contributed by atoms with Crippen molar-refractivity contribution in [2.75, 3.05) is 13.2 Å². The van der Waals surface area contributed by atoms with Gasteiger partial charge in [-0.05, 0) is 25.2 Å². The van der Waals surface area contributed by atoms with Gasteiger partial charge in [0.15, 0.2) is 0 Å². The molecule has 2 fully saturated rings. The van der Waals surface area contributed by atoms with Crippen molar-refractivity contribution in [3.05, 3.63) is 12.2 Å². The lowest BCUT2D eigenvalue weighted by molar-refractivity contribution is -0.145. The van der Waals surface area contributed by atoms with Crippen molar-refractivity contribution in [1.29, 1.82) is 0 Å². The van der Waals surface area contributed by atoms with E-state index in [1.165, 1.54) is 4.90 Å². The first kappa shape index (κ1) is 12.4. The molecular weight excluding hydrogens is 246 g/mol. The van der Waals surface area contributed by atoms with Gasteiger partial charge in [-0.2, -0.15) is 0 Å². The molecule has 0 aromatic rings. The van der Waals surface area contributed by atoms with Crippen LogP contribution in [0.3, 0.4) is 0 Å². The highest BCUT2D eigenvalue weighted by Gasteiger charge is 2.58. The molecule has 2 bridgehead atoms. The van der Waals surface area contributed by atoms with Gasteiger partial charge >= 0.3 is 5.97 Å². The first-order valence-electron chi connectivity index (χ1n) is 6.82. The Bertz CT molecular complexity index is 440. The molecule has 19 heavy (non-hydrogen) atoms. The second kappa shape index (κ2) is 4.47. The van der Waals surface area contributed by atoms with Gasteiger partial charge in [-0.15, -0.1) is 0 Å². The van der Waals surface area contributed by atoms with Crippen LogP contribution in [0.25, 0.3) is 0 Å². The van der Waals surface area contributed by atoms with Crippen molar-refractivity contribution >= 4 is 17.8 Å². The number of rotatable bonds is 4. The fourth-order valence-electron chi connectivity index (χ4n) is 3.62. The predicted octanol–water partition coefficient (Wildman–Crippen LogP) is 0.747. The first-order chi connectivity index (χ1) is 9.13. The molecule has 3 aliphatic rings. The molecule has 1 aliphatic heterocycles. The van der Waals surface area contributed by atoms with Crippen LogP contribution < -0.4 is 0 Å². The van der Waals surface area contributed by atoms with Crippen molar-refractivity contribution in [3.63, 3.8) is 0 Å². The third-order valence-electron chi connectivity index (χ3n) is 4.41. The van der Waals surface area contributed by atoms with Crippen LogP contribution in [0.4, 0.5) is 0 Å². The van der Waals surface area contributed by atoms with E-state index in [4.69, 9.17) is 4.74 Å². The Hall–Kier alpha value is -1.65. The zero-order valence-corrected chi connectivity index (χ0v) is 10.9. The highest BCUT2D eigenvalue weighted by molar-refractivity contribution is 6.06. The molecule has 102 valence electrons. The van der Waals surface area contributed by atoms with E-state index < -0.39 is 0 Å². The second-order valence-corrected chi connectivity index (χ2v) is 5.38. The third kappa shape index (κ3) is 1.79. The molecule has 3 rings (SSSR count). The van der Waals surface area contributed by atoms with Gasteiger partial charge in [0.25, 0.3) is 0 Å². The lowest BCUT2D eigenvalue weighted by atomic mass is 9.85. The van der Waals surface area contributed by atoms with E-state index in [2.05, 4.69) is 12.2 Å². The van der Waals surface area contributed by atoms with Gasteiger partial charge in [-0.3, -0.25) is 19.3 Å². The number of amides is 2. The lowest BCUT2D eigenvalue weighted by Gasteiger charge is -2.16. The summed E-state index contributed by atoms with van der Waals surface area (Å²) in [6.07, 6.45) is 5.14. The van der Waals surface area contributed by atoms with Gasteiger partial charge in [0.1, 0.15) is 0 Å². The van der Waals surface area contributed by atoms with Crippen molar-refractivity contribution in [2.45, 2.75) is 19.8 Å². The SMILES string of the molecule is CCOC(=O)CCN1C(=O)C2C3C=CC(C3)C2C1=O. The maximum atomic E-state index is 12.3. The van der Waals surface area contributed by atoms with E-state index in [0.29, 0.717) is 6.61 Å². The van der Waals surface area contributed by atoms with Gasteiger partial charge in [0.05, 0.1) is 24.9 Å². The highest BCUT2D eigenvalue weighted by atomic mass is 16.5. The van der Waals surface area contributed by atoms with Gasteiger partial charge in [0, 0.05) is 6.54 Å². The maximum Gasteiger partial charge on any atom is 0.307 e. The fraction of sp³-hybridized carbons (Fsp3) is 0.643. The quantitative estimate of drug-likeness (QED) is 0.426. The minimum Gasteiger partial charge on any atom is -0.466 e. The largest absolute Gasteiger partial charge is 0.466 e. The Morgan fingerprint density at radius 1 is 1.26 bits per heavy atom. The number of hydrogen-bond donors (Lipinski definition) is 0. The van der Waals surface area contributed by atoms with Gasteiger partial charge in [0.2, 0.25) is 11.8 Å². The molecule has 1 saturated heterocycles.